The molecule has 3 nitrogen and oxygen atoms in total. The smallest absolute Gasteiger partial charge is 0.139 e. The van der Waals surface area contributed by atoms with Crippen molar-refractivity contribution in [2.45, 2.75) is 0 Å². The van der Waals surface area contributed by atoms with Crippen molar-refractivity contribution in [2.75, 3.05) is 0 Å². The summed E-state index contributed by atoms with van der Waals surface area (Å²) in [7, 11) is 0. The predicted octanol–water partition coefficient (Wildman–Crippen LogP) is 3.78. The quantitative estimate of drug-likeness (QED) is 0.554. The van der Waals surface area contributed by atoms with E-state index in [1.165, 1.54) is 10.8 Å². The molecule has 19 heavy (non-hydrogen) atoms. The molecule has 0 atom stereocenters. The maximum atomic E-state index is 4.64. The fraction of sp³-hybridized carbons (Fsp3) is 0. The van der Waals surface area contributed by atoms with E-state index in [1.807, 2.05) is 6.07 Å². The Morgan fingerprint density at radius 1 is 0.895 bits per heavy atom. The molecule has 2 heterocycles. The van der Waals surface area contributed by atoms with Gasteiger partial charge in [-0.15, -0.1) is 0 Å². The molecular weight excluding hydrogens is 234 g/mol. The highest BCUT2D eigenvalue weighted by molar-refractivity contribution is 5.96. The van der Waals surface area contributed by atoms with E-state index in [1.54, 1.807) is 12.4 Å². The molecule has 2 aromatic carbocycles. The van der Waals surface area contributed by atoms with Crippen molar-refractivity contribution < 1.29 is 0 Å². The maximum Gasteiger partial charge on any atom is 0.139 e. The molecule has 0 unspecified atom stereocenters. The molecule has 0 bridgehead atoms. The fourth-order valence-electron chi connectivity index (χ4n) is 2.42. The Hall–Kier alpha value is -2.68. The van der Waals surface area contributed by atoms with Gasteiger partial charge in [-0.05, 0) is 16.8 Å². The van der Waals surface area contributed by atoms with Crippen LogP contribution in [0.3, 0.4) is 0 Å². The zero-order chi connectivity index (χ0) is 12.7. The number of aromatic nitrogens is 3. The van der Waals surface area contributed by atoms with Crippen molar-refractivity contribution >= 4 is 21.8 Å². The number of benzene rings is 2. The predicted molar refractivity (Wildman–Crippen MR) is 76.8 cm³/mol. The standard InChI is InChI=1S/C16H11N3/c1-2-6-12-11(4-1)5-3-7-13(12)16-18-14-8-9-17-10-15(14)19-16/h1-10H,(H,18,19). The minimum Gasteiger partial charge on any atom is -0.337 e. The monoisotopic (exact) mass is 245 g/mol. The van der Waals surface area contributed by atoms with Crippen LogP contribution in [0, 0.1) is 0 Å². The molecule has 0 fully saturated rings. The summed E-state index contributed by atoms with van der Waals surface area (Å²) in [6.07, 6.45) is 3.56. The summed E-state index contributed by atoms with van der Waals surface area (Å²) in [5, 5.41) is 2.43. The zero-order valence-corrected chi connectivity index (χ0v) is 10.2. The van der Waals surface area contributed by atoms with Gasteiger partial charge in [-0.3, -0.25) is 4.98 Å². The molecule has 0 spiro atoms. The summed E-state index contributed by atoms with van der Waals surface area (Å²) in [6, 6.07) is 16.5. The Balaban J connectivity index is 2.03. The summed E-state index contributed by atoms with van der Waals surface area (Å²) in [4.78, 5) is 12.1. The maximum absolute atomic E-state index is 4.64. The Bertz CT molecular complexity index is 839. The van der Waals surface area contributed by atoms with Crippen molar-refractivity contribution in [1.82, 2.24) is 15.0 Å². The van der Waals surface area contributed by atoms with Crippen LogP contribution >= 0.6 is 0 Å². The molecule has 4 rings (SSSR count). The van der Waals surface area contributed by atoms with Crippen LogP contribution in [-0.2, 0) is 0 Å². The SMILES string of the molecule is c1ccc2c(-c3nc4ccncc4[nH]3)cccc2c1. The van der Waals surface area contributed by atoms with E-state index >= 15 is 0 Å². The molecule has 1 N–H and O–H groups in total. The number of nitrogens with one attached hydrogen (secondary N) is 1. The zero-order valence-electron chi connectivity index (χ0n) is 10.2. The molecule has 0 saturated carbocycles. The second-order valence-electron chi connectivity index (χ2n) is 4.50. The molecule has 0 aliphatic heterocycles. The molecule has 2 aromatic heterocycles. The van der Waals surface area contributed by atoms with Crippen molar-refractivity contribution in [1.29, 1.82) is 0 Å². The van der Waals surface area contributed by atoms with Gasteiger partial charge in [0.15, 0.2) is 0 Å². The van der Waals surface area contributed by atoms with Crippen molar-refractivity contribution in [3.05, 3.63) is 60.9 Å². The second-order valence-corrected chi connectivity index (χ2v) is 4.50. The van der Waals surface area contributed by atoms with Gasteiger partial charge in [0.05, 0.1) is 17.2 Å². The Morgan fingerprint density at radius 2 is 1.79 bits per heavy atom. The van der Waals surface area contributed by atoms with Crippen molar-refractivity contribution in [3.8, 4) is 11.4 Å². The van der Waals surface area contributed by atoms with E-state index in [0.29, 0.717) is 0 Å². The molecular formula is C16H11N3. The number of hydrogen-bond acceptors (Lipinski definition) is 2. The highest BCUT2D eigenvalue weighted by Crippen LogP contribution is 2.27. The lowest BCUT2D eigenvalue weighted by atomic mass is 10.0. The van der Waals surface area contributed by atoms with Crippen LogP contribution in [0.1, 0.15) is 0 Å². The first-order valence-corrected chi connectivity index (χ1v) is 6.20. The van der Waals surface area contributed by atoms with Crippen molar-refractivity contribution in [3.63, 3.8) is 0 Å². The third kappa shape index (κ3) is 1.59. The van der Waals surface area contributed by atoms with E-state index in [0.717, 1.165) is 22.4 Å². The van der Waals surface area contributed by atoms with Crippen LogP contribution in [0.2, 0.25) is 0 Å². The van der Waals surface area contributed by atoms with Crippen LogP contribution in [0.15, 0.2) is 60.9 Å². The van der Waals surface area contributed by atoms with E-state index in [4.69, 9.17) is 0 Å². The van der Waals surface area contributed by atoms with E-state index in [9.17, 15) is 0 Å². The average molecular weight is 245 g/mol. The van der Waals surface area contributed by atoms with Crippen LogP contribution in [0.5, 0.6) is 0 Å². The molecule has 3 heteroatoms. The number of imidazole rings is 1. The third-order valence-corrected chi connectivity index (χ3v) is 3.33. The number of H-pyrrole nitrogens is 1. The third-order valence-electron chi connectivity index (χ3n) is 3.33. The molecule has 0 radical (unpaired) electrons. The number of rotatable bonds is 1. The molecule has 4 aromatic rings. The molecule has 0 aliphatic rings. The van der Waals surface area contributed by atoms with E-state index in [2.05, 4.69) is 57.4 Å². The first kappa shape index (κ1) is 10.3. The van der Waals surface area contributed by atoms with Gasteiger partial charge in [-0.25, -0.2) is 4.98 Å². The van der Waals surface area contributed by atoms with Gasteiger partial charge in [0, 0.05) is 11.8 Å². The van der Waals surface area contributed by atoms with Gasteiger partial charge in [0.2, 0.25) is 0 Å². The van der Waals surface area contributed by atoms with Crippen LogP contribution in [0.25, 0.3) is 33.2 Å². The normalized spacial score (nSPS) is 11.2. The summed E-state index contributed by atoms with van der Waals surface area (Å²) in [5.41, 5.74) is 3.03. The minimum absolute atomic E-state index is 0.889. The topological polar surface area (TPSA) is 41.6 Å². The van der Waals surface area contributed by atoms with Gasteiger partial charge < -0.3 is 4.98 Å². The number of hydrogen-bond donors (Lipinski definition) is 1. The lowest BCUT2D eigenvalue weighted by Crippen LogP contribution is -1.82. The summed E-state index contributed by atoms with van der Waals surface area (Å²) < 4.78 is 0. The second kappa shape index (κ2) is 3.92. The average Bonchev–Trinajstić information content (AvgIpc) is 2.90. The van der Waals surface area contributed by atoms with Crippen LogP contribution < -0.4 is 0 Å². The number of fused-ring (bicyclic) bond motifs is 2. The molecule has 0 amide bonds. The first-order valence-electron chi connectivity index (χ1n) is 6.20. The Labute approximate surface area is 110 Å². The van der Waals surface area contributed by atoms with Gasteiger partial charge in [-0.1, -0.05) is 42.5 Å². The van der Waals surface area contributed by atoms with Gasteiger partial charge in [-0.2, -0.15) is 0 Å². The highest BCUT2D eigenvalue weighted by Gasteiger charge is 2.08. The largest absolute Gasteiger partial charge is 0.337 e. The number of pyridine rings is 1. The van der Waals surface area contributed by atoms with Crippen LogP contribution in [-0.4, -0.2) is 15.0 Å². The first-order chi connectivity index (χ1) is 9.42. The lowest BCUT2D eigenvalue weighted by molar-refractivity contribution is 1.33. The highest BCUT2D eigenvalue weighted by atomic mass is 14.9. The fourth-order valence-corrected chi connectivity index (χ4v) is 2.42. The van der Waals surface area contributed by atoms with E-state index < -0.39 is 0 Å². The summed E-state index contributed by atoms with van der Waals surface area (Å²) >= 11 is 0. The van der Waals surface area contributed by atoms with E-state index in [-0.39, 0.29) is 0 Å². The van der Waals surface area contributed by atoms with Gasteiger partial charge >= 0.3 is 0 Å². The molecule has 0 aliphatic carbocycles. The van der Waals surface area contributed by atoms with Crippen molar-refractivity contribution in [2.24, 2.45) is 0 Å². The number of aromatic amines is 1. The minimum atomic E-state index is 0.889. The molecule has 90 valence electrons. The Kier molecular flexibility index (Phi) is 2.12. The Morgan fingerprint density at radius 3 is 2.74 bits per heavy atom. The summed E-state index contributed by atoms with van der Waals surface area (Å²) in [6.45, 7) is 0. The van der Waals surface area contributed by atoms with Gasteiger partial charge in [0.1, 0.15) is 5.82 Å². The summed E-state index contributed by atoms with van der Waals surface area (Å²) in [5.74, 6) is 0.889. The number of nitrogens with zero attached hydrogens (tertiary/aromatic N) is 2. The molecule has 0 saturated heterocycles. The van der Waals surface area contributed by atoms with Gasteiger partial charge in [0.25, 0.3) is 0 Å². The van der Waals surface area contributed by atoms with Crippen LogP contribution in [0.4, 0.5) is 0 Å². The lowest BCUT2D eigenvalue weighted by Gasteiger charge is -2.03.